The van der Waals surface area contributed by atoms with Crippen LogP contribution in [0.4, 0.5) is 4.79 Å². The fourth-order valence-corrected chi connectivity index (χ4v) is 4.15. The topological polar surface area (TPSA) is 79.4 Å². The summed E-state index contributed by atoms with van der Waals surface area (Å²) in [6, 6.07) is 10.4. The number of aryl methyl sites for hydroxylation is 1. The Morgan fingerprint density at radius 3 is 2.64 bits per heavy atom. The third-order valence-electron chi connectivity index (χ3n) is 5.88. The van der Waals surface area contributed by atoms with Gasteiger partial charge in [0.05, 0.1) is 12.2 Å². The molecule has 1 aromatic carbocycles. The Hall–Kier alpha value is -1.63. The predicted molar refractivity (Wildman–Crippen MR) is 105 cm³/mol. The highest BCUT2D eigenvalue weighted by atomic mass is 35.5. The van der Waals surface area contributed by atoms with Crippen molar-refractivity contribution in [2.24, 2.45) is 0 Å². The first-order valence-electron chi connectivity index (χ1n) is 9.93. The second-order valence-corrected chi connectivity index (χ2v) is 8.25. The van der Waals surface area contributed by atoms with Crippen molar-refractivity contribution in [1.82, 2.24) is 4.42 Å². The molecule has 0 bridgehead atoms. The largest absolute Gasteiger partial charge is 0.445 e. The van der Waals surface area contributed by atoms with Crippen LogP contribution in [-0.4, -0.2) is 45.4 Å². The molecule has 0 radical (unpaired) electrons. The Morgan fingerprint density at radius 1 is 1.29 bits per heavy atom. The van der Waals surface area contributed by atoms with Gasteiger partial charge < -0.3 is 14.6 Å². The minimum absolute atomic E-state index is 0.306. The summed E-state index contributed by atoms with van der Waals surface area (Å²) >= 11 is 5.62. The maximum atomic E-state index is 11.9. The van der Waals surface area contributed by atoms with Crippen LogP contribution in [0.5, 0.6) is 0 Å². The van der Waals surface area contributed by atoms with E-state index in [2.05, 4.69) is 12.1 Å². The van der Waals surface area contributed by atoms with Crippen LogP contribution in [0.3, 0.4) is 0 Å². The molecule has 1 N–H and O–H groups in total. The zero-order valence-electron chi connectivity index (χ0n) is 16.2. The molecular formula is C21H28ClNO5. The smallest absolute Gasteiger partial charge is 0.432 e. The van der Waals surface area contributed by atoms with Gasteiger partial charge in [-0.2, -0.15) is 4.42 Å². The number of rotatable bonds is 7. The number of hydrogen-bond donors (Lipinski definition) is 1. The van der Waals surface area contributed by atoms with E-state index in [1.807, 2.05) is 18.2 Å². The van der Waals surface area contributed by atoms with Crippen LogP contribution in [0.25, 0.3) is 0 Å². The van der Waals surface area contributed by atoms with Crippen molar-refractivity contribution >= 4 is 23.8 Å². The third kappa shape index (κ3) is 4.85. The van der Waals surface area contributed by atoms with E-state index in [0.29, 0.717) is 36.7 Å². The van der Waals surface area contributed by atoms with Gasteiger partial charge in [0.25, 0.3) is 0 Å². The van der Waals surface area contributed by atoms with Crippen molar-refractivity contribution in [2.75, 3.05) is 6.61 Å². The highest BCUT2D eigenvalue weighted by Gasteiger charge is 2.63. The van der Waals surface area contributed by atoms with E-state index in [1.165, 1.54) is 12.5 Å². The molecule has 2 amide bonds. The zero-order chi connectivity index (χ0) is 20.2. The Labute approximate surface area is 170 Å². The first-order chi connectivity index (χ1) is 13.4. The van der Waals surface area contributed by atoms with Gasteiger partial charge in [-0.15, -0.1) is 0 Å². The molecule has 6 nitrogen and oxygen atoms in total. The molecule has 1 saturated carbocycles. The summed E-state index contributed by atoms with van der Waals surface area (Å²) in [7, 11) is 0. The van der Waals surface area contributed by atoms with Gasteiger partial charge in [-0.1, -0.05) is 43.2 Å². The van der Waals surface area contributed by atoms with Gasteiger partial charge in [-0.05, 0) is 37.7 Å². The summed E-state index contributed by atoms with van der Waals surface area (Å²) in [5.74, 6) is -0.599. The molecule has 3 rings (SSSR count). The molecule has 0 aromatic heterocycles. The molecule has 7 heteroatoms. The number of unbranched alkanes of at least 4 members (excludes halogenated alkanes) is 2. The Kier molecular flexibility index (Phi) is 6.63. The SMILES string of the molecule is CC(=O)N(Cl)C(=O)O[C@H]1CC[C@]2(CO2)[C@](O)(CCCCCc2ccccc2)C1. The molecule has 1 heterocycles. The molecule has 1 aliphatic heterocycles. The molecule has 2 fully saturated rings. The lowest BCUT2D eigenvalue weighted by molar-refractivity contribution is -0.125. The number of hydrogen-bond acceptors (Lipinski definition) is 5. The van der Waals surface area contributed by atoms with E-state index >= 15 is 0 Å². The van der Waals surface area contributed by atoms with Gasteiger partial charge in [0.15, 0.2) is 0 Å². The number of epoxide rings is 1. The van der Waals surface area contributed by atoms with E-state index in [0.717, 1.165) is 25.7 Å². The van der Waals surface area contributed by atoms with Gasteiger partial charge in [-0.25, -0.2) is 4.79 Å². The number of benzene rings is 1. The second kappa shape index (κ2) is 8.80. The first kappa shape index (κ1) is 21.1. The molecule has 154 valence electrons. The Morgan fingerprint density at radius 2 is 2.00 bits per heavy atom. The zero-order valence-corrected chi connectivity index (χ0v) is 17.0. The molecule has 1 aliphatic carbocycles. The Bertz CT molecular complexity index is 693. The number of aliphatic hydroxyl groups is 1. The van der Waals surface area contributed by atoms with Crippen LogP contribution >= 0.6 is 11.8 Å². The summed E-state index contributed by atoms with van der Waals surface area (Å²) < 4.78 is 11.4. The number of nitrogens with zero attached hydrogens (tertiary/aromatic N) is 1. The van der Waals surface area contributed by atoms with Crippen LogP contribution in [0, 0.1) is 0 Å². The van der Waals surface area contributed by atoms with Crippen molar-refractivity contribution in [2.45, 2.75) is 75.6 Å². The fourth-order valence-electron chi connectivity index (χ4n) is 4.11. The molecule has 2 aliphatic rings. The average molecular weight is 410 g/mol. The predicted octanol–water partition coefficient (Wildman–Crippen LogP) is 3.98. The quantitative estimate of drug-likeness (QED) is 0.418. The molecule has 3 atom stereocenters. The monoisotopic (exact) mass is 409 g/mol. The lowest BCUT2D eigenvalue weighted by Gasteiger charge is -2.41. The number of imide groups is 1. The molecule has 28 heavy (non-hydrogen) atoms. The normalized spacial score (nSPS) is 28.8. The highest BCUT2D eigenvalue weighted by molar-refractivity contribution is 6.28. The fraction of sp³-hybridized carbons (Fsp3) is 0.619. The molecule has 1 saturated heterocycles. The number of halogens is 1. The first-order valence-corrected chi connectivity index (χ1v) is 10.3. The van der Waals surface area contributed by atoms with Crippen LogP contribution in [0.2, 0.25) is 0 Å². The molecule has 0 unspecified atom stereocenters. The van der Waals surface area contributed by atoms with Gasteiger partial charge in [-0.3, -0.25) is 4.79 Å². The molecule has 1 aromatic rings. The number of carbonyl (C=O) groups excluding carboxylic acids is 2. The van der Waals surface area contributed by atoms with E-state index in [-0.39, 0.29) is 0 Å². The summed E-state index contributed by atoms with van der Waals surface area (Å²) in [6.45, 7) is 1.73. The summed E-state index contributed by atoms with van der Waals surface area (Å²) in [4.78, 5) is 23.1. The standard InChI is InChI=1S/C21H28ClNO5/c1-16(24)23(22)19(25)28-18-11-13-21(15-27-21)20(26,14-18)12-7-3-6-10-17-8-4-2-5-9-17/h2,4-5,8-9,18,26H,3,6-7,10-15H2,1H3/t18-,20-,21-/m0/s1. The number of carbonyl (C=O) groups is 2. The van der Waals surface area contributed by atoms with Gasteiger partial charge in [0, 0.05) is 25.1 Å². The van der Waals surface area contributed by atoms with Crippen molar-refractivity contribution < 1.29 is 24.2 Å². The number of amides is 2. The lowest BCUT2D eigenvalue weighted by Crippen LogP contribution is -2.53. The average Bonchev–Trinajstić information content (AvgIpc) is 3.46. The minimum atomic E-state index is -1.02. The maximum Gasteiger partial charge on any atom is 0.432 e. The van der Waals surface area contributed by atoms with Crippen molar-refractivity contribution in [3.8, 4) is 0 Å². The van der Waals surface area contributed by atoms with Gasteiger partial charge in [0.2, 0.25) is 5.91 Å². The summed E-state index contributed by atoms with van der Waals surface area (Å²) in [5, 5.41) is 11.3. The third-order valence-corrected chi connectivity index (χ3v) is 6.26. The summed E-state index contributed by atoms with van der Waals surface area (Å²) in [5.41, 5.74) is -0.198. The van der Waals surface area contributed by atoms with E-state index in [9.17, 15) is 14.7 Å². The second-order valence-electron chi connectivity index (χ2n) is 7.91. The molecular weight excluding hydrogens is 382 g/mol. The Balaban J connectivity index is 1.48. The van der Waals surface area contributed by atoms with Gasteiger partial charge in [0.1, 0.15) is 11.7 Å². The van der Waals surface area contributed by atoms with Crippen molar-refractivity contribution in [1.29, 1.82) is 0 Å². The van der Waals surface area contributed by atoms with E-state index in [1.54, 1.807) is 0 Å². The number of ether oxygens (including phenoxy) is 2. The van der Waals surface area contributed by atoms with E-state index < -0.39 is 29.3 Å². The highest BCUT2D eigenvalue weighted by Crippen LogP contribution is 2.51. The minimum Gasteiger partial charge on any atom is -0.445 e. The van der Waals surface area contributed by atoms with E-state index in [4.69, 9.17) is 21.3 Å². The van der Waals surface area contributed by atoms with Crippen LogP contribution in [0.15, 0.2) is 30.3 Å². The van der Waals surface area contributed by atoms with Crippen LogP contribution in [0.1, 0.15) is 57.4 Å². The summed E-state index contributed by atoms with van der Waals surface area (Å²) in [6.07, 6.45) is 4.74. The van der Waals surface area contributed by atoms with Crippen molar-refractivity contribution in [3.05, 3.63) is 35.9 Å². The maximum absolute atomic E-state index is 11.9. The van der Waals surface area contributed by atoms with Crippen LogP contribution < -0.4 is 0 Å². The van der Waals surface area contributed by atoms with Gasteiger partial charge >= 0.3 is 6.09 Å². The van der Waals surface area contributed by atoms with Crippen molar-refractivity contribution in [3.63, 3.8) is 0 Å². The molecule has 1 spiro atoms. The lowest BCUT2D eigenvalue weighted by atomic mass is 9.71. The van der Waals surface area contributed by atoms with Crippen LogP contribution in [-0.2, 0) is 20.7 Å².